The molecule has 1 aliphatic carbocycles. The minimum atomic E-state index is -1.80. The van der Waals surface area contributed by atoms with Gasteiger partial charge < -0.3 is 9.16 Å². The number of amides is 1. The first-order valence-electron chi connectivity index (χ1n) is 10.5. The van der Waals surface area contributed by atoms with Crippen molar-refractivity contribution in [2.24, 2.45) is 0 Å². The Morgan fingerprint density at radius 2 is 1.80 bits per heavy atom. The predicted octanol–water partition coefficient (Wildman–Crippen LogP) is 6.84. The van der Waals surface area contributed by atoms with Gasteiger partial charge in [-0.2, -0.15) is 0 Å². The lowest BCUT2D eigenvalue weighted by Crippen LogP contribution is -2.47. The van der Waals surface area contributed by atoms with E-state index in [1.807, 2.05) is 30.3 Å². The lowest BCUT2D eigenvalue weighted by Gasteiger charge is -2.45. The van der Waals surface area contributed by atoms with E-state index in [1.54, 1.807) is 12.1 Å². The van der Waals surface area contributed by atoms with E-state index in [0.717, 1.165) is 18.4 Å². The molecule has 1 fully saturated rings. The Labute approximate surface area is 179 Å². The number of ether oxygens (including phenoxy) is 1. The topological polar surface area (TPSA) is 47.6 Å². The fraction of sp³-hybridized carbons (Fsp3) is 0.458. The van der Waals surface area contributed by atoms with Gasteiger partial charge in [-0.25, -0.2) is 9.18 Å². The fourth-order valence-electron chi connectivity index (χ4n) is 3.32. The van der Waals surface area contributed by atoms with Crippen LogP contribution in [0.25, 0.3) is 0 Å². The molecular weight excluding hydrogens is 397 g/mol. The molecule has 4 nitrogen and oxygen atoms in total. The molecule has 0 unspecified atom stereocenters. The van der Waals surface area contributed by atoms with Gasteiger partial charge in [-0.15, -0.1) is 0 Å². The zero-order chi connectivity index (χ0) is 21.9. The first-order valence-corrected chi connectivity index (χ1v) is 13.4. The van der Waals surface area contributed by atoms with Crippen molar-refractivity contribution in [2.45, 2.75) is 70.4 Å². The van der Waals surface area contributed by atoms with Crippen molar-refractivity contribution in [2.75, 3.05) is 5.32 Å². The van der Waals surface area contributed by atoms with E-state index >= 15 is 0 Å². The number of carbonyl (C=O) groups is 1. The third-order valence-corrected chi connectivity index (χ3v) is 10.8. The molecule has 0 aromatic heterocycles. The fourth-order valence-corrected chi connectivity index (χ4v) is 4.70. The smallest absolute Gasteiger partial charge is 0.411 e. The summed E-state index contributed by atoms with van der Waals surface area (Å²) in [5.41, 5.74) is 1.98. The van der Waals surface area contributed by atoms with E-state index in [1.165, 1.54) is 6.07 Å². The summed E-state index contributed by atoms with van der Waals surface area (Å²) in [6.45, 7) is 11.4. The quantitative estimate of drug-likeness (QED) is 0.511. The Hall–Kier alpha value is -2.18. The van der Waals surface area contributed by atoms with E-state index in [-0.39, 0.29) is 29.5 Å². The number of nitrogens with one attached hydrogen (secondary N) is 1. The normalized spacial score (nSPS) is 19.1. The average Bonchev–Trinajstić information content (AvgIpc) is 2.63. The van der Waals surface area contributed by atoms with Crippen LogP contribution in [-0.2, 0) is 15.8 Å². The van der Waals surface area contributed by atoms with Crippen LogP contribution in [0.4, 0.5) is 14.9 Å². The van der Waals surface area contributed by atoms with Gasteiger partial charge >= 0.3 is 6.09 Å². The lowest BCUT2D eigenvalue weighted by molar-refractivity contribution is 0.0829. The Morgan fingerprint density at radius 1 is 1.13 bits per heavy atom. The molecule has 0 spiro atoms. The van der Waals surface area contributed by atoms with Gasteiger partial charge in [0, 0.05) is 11.8 Å². The van der Waals surface area contributed by atoms with E-state index in [0.29, 0.717) is 11.3 Å². The Bertz CT molecular complexity index is 874. The van der Waals surface area contributed by atoms with Crippen molar-refractivity contribution < 1.29 is 18.3 Å². The molecule has 30 heavy (non-hydrogen) atoms. The third kappa shape index (κ3) is 5.49. The second kappa shape index (κ2) is 8.90. The van der Waals surface area contributed by atoms with Gasteiger partial charge in [0.1, 0.15) is 12.4 Å². The number of benzene rings is 2. The largest absolute Gasteiger partial charge is 0.444 e. The molecule has 0 atom stereocenters. The lowest BCUT2D eigenvalue weighted by atomic mass is 9.77. The monoisotopic (exact) mass is 429 g/mol. The highest BCUT2D eigenvalue weighted by molar-refractivity contribution is 6.74. The predicted molar refractivity (Wildman–Crippen MR) is 121 cm³/mol. The zero-order valence-electron chi connectivity index (χ0n) is 18.5. The molecule has 162 valence electrons. The standard InChI is InChI=1S/C24H32FNO3Si/c1-24(2,3)30(4,5)29-20-13-18(14-20)21-12-11-19(15-22(21)25)26-23(27)28-16-17-9-7-6-8-10-17/h6-12,15,18,20H,13-14,16H2,1-5H3,(H,26,27). The molecule has 2 aromatic carbocycles. The summed E-state index contributed by atoms with van der Waals surface area (Å²) in [5.74, 6) is -0.134. The second-order valence-electron chi connectivity index (χ2n) is 9.59. The molecule has 0 radical (unpaired) electrons. The van der Waals surface area contributed by atoms with Gasteiger partial charge in [-0.3, -0.25) is 5.32 Å². The van der Waals surface area contributed by atoms with Gasteiger partial charge in [0.15, 0.2) is 8.32 Å². The van der Waals surface area contributed by atoms with Crippen LogP contribution in [0.3, 0.4) is 0 Å². The highest BCUT2D eigenvalue weighted by atomic mass is 28.4. The van der Waals surface area contributed by atoms with Crippen LogP contribution in [0.15, 0.2) is 48.5 Å². The maximum absolute atomic E-state index is 14.7. The van der Waals surface area contributed by atoms with Crippen molar-refractivity contribution in [3.8, 4) is 0 Å². The van der Waals surface area contributed by atoms with E-state index in [9.17, 15) is 9.18 Å². The maximum atomic E-state index is 14.7. The van der Waals surface area contributed by atoms with Crippen molar-refractivity contribution >= 4 is 20.1 Å². The summed E-state index contributed by atoms with van der Waals surface area (Å²) in [4.78, 5) is 12.0. The summed E-state index contributed by atoms with van der Waals surface area (Å²) in [5, 5.41) is 2.76. The molecule has 0 heterocycles. The van der Waals surface area contributed by atoms with E-state index in [2.05, 4.69) is 39.2 Å². The van der Waals surface area contributed by atoms with Crippen LogP contribution in [-0.4, -0.2) is 20.5 Å². The van der Waals surface area contributed by atoms with Crippen molar-refractivity contribution in [1.82, 2.24) is 0 Å². The summed E-state index contributed by atoms with van der Waals surface area (Å²) < 4.78 is 26.2. The first kappa shape index (κ1) is 22.5. The van der Waals surface area contributed by atoms with Crippen LogP contribution in [0.1, 0.15) is 50.7 Å². The number of hydrogen-bond acceptors (Lipinski definition) is 3. The van der Waals surface area contributed by atoms with Gasteiger partial charge in [0.05, 0.1) is 0 Å². The summed E-state index contributed by atoms with van der Waals surface area (Å²) in [6, 6.07) is 14.3. The molecular formula is C24H32FNO3Si. The third-order valence-electron chi connectivity index (χ3n) is 6.26. The van der Waals surface area contributed by atoms with Crippen LogP contribution in [0.2, 0.25) is 18.1 Å². The average molecular weight is 430 g/mol. The Balaban J connectivity index is 1.51. The molecule has 0 aliphatic heterocycles. The summed E-state index contributed by atoms with van der Waals surface area (Å²) >= 11 is 0. The Morgan fingerprint density at radius 3 is 2.40 bits per heavy atom. The van der Waals surface area contributed by atoms with Gasteiger partial charge in [-0.1, -0.05) is 57.2 Å². The molecule has 0 bridgehead atoms. The van der Waals surface area contributed by atoms with Crippen LogP contribution in [0, 0.1) is 5.82 Å². The van der Waals surface area contributed by atoms with Crippen molar-refractivity contribution in [3.63, 3.8) is 0 Å². The minimum absolute atomic E-state index is 0.166. The summed E-state index contributed by atoms with van der Waals surface area (Å²) in [6.07, 6.45) is 1.29. The van der Waals surface area contributed by atoms with Crippen LogP contribution >= 0.6 is 0 Å². The molecule has 1 aliphatic rings. The number of rotatable bonds is 6. The molecule has 1 amide bonds. The molecule has 6 heteroatoms. The highest BCUT2D eigenvalue weighted by Gasteiger charge is 2.43. The van der Waals surface area contributed by atoms with E-state index in [4.69, 9.17) is 9.16 Å². The molecule has 0 saturated heterocycles. The number of halogens is 1. The van der Waals surface area contributed by atoms with Gasteiger partial charge in [-0.05, 0) is 60.2 Å². The maximum Gasteiger partial charge on any atom is 0.411 e. The zero-order valence-corrected chi connectivity index (χ0v) is 19.5. The molecule has 2 aromatic rings. The molecule has 1 N–H and O–H groups in total. The Kier molecular flexibility index (Phi) is 6.67. The van der Waals surface area contributed by atoms with Crippen molar-refractivity contribution in [1.29, 1.82) is 0 Å². The number of hydrogen-bond donors (Lipinski definition) is 1. The van der Waals surface area contributed by atoms with Crippen LogP contribution < -0.4 is 5.32 Å². The van der Waals surface area contributed by atoms with E-state index < -0.39 is 14.4 Å². The second-order valence-corrected chi connectivity index (χ2v) is 14.3. The van der Waals surface area contributed by atoms with Crippen LogP contribution in [0.5, 0.6) is 0 Å². The SMILES string of the molecule is CC(C)(C)[Si](C)(C)OC1CC(c2ccc(NC(=O)OCc3ccccc3)cc2F)C1. The van der Waals surface area contributed by atoms with Crippen molar-refractivity contribution in [3.05, 3.63) is 65.5 Å². The molecule has 3 rings (SSSR count). The molecule has 1 saturated carbocycles. The van der Waals surface area contributed by atoms with Gasteiger partial charge in [0.2, 0.25) is 0 Å². The van der Waals surface area contributed by atoms with Gasteiger partial charge in [0.25, 0.3) is 0 Å². The minimum Gasteiger partial charge on any atom is -0.444 e. The number of carbonyl (C=O) groups excluding carboxylic acids is 1. The summed E-state index contributed by atoms with van der Waals surface area (Å²) in [7, 11) is -1.80. The highest BCUT2D eigenvalue weighted by Crippen LogP contribution is 2.45. The number of anilines is 1. The first-order chi connectivity index (χ1) is 14.0.